The van der Waals surface area contributed by atoms with Gasteiger partial charge in [-0.3, -0.25) is 0 Å². The standard InChI is InChI=1S/C21H21F6NO/c1-28-10-16(19(11-28)15-5-3-2-4-6-15)13-29-12-14-7-17(20(22,23)24)9-18(8-14)21(25,26)27/h2-9,16,19H,10-13H2,1H3/t16-,19?/m1/s1. The summed E-state index contributed by atoms with van der Waals surface area (Å²) in [5.74, 6) is 0.309. The third-order valence-corrected chi connectivity index (χ3v) is 5.10. The molecule has 2 aromatic carbocycles. The van der Waals surface area contributed by atoms with Crippen LogP contribution in [-0.2, 0) is 23.7 Å². The largest absolute Gasteiger partial charge is 0.416 e. The number of rotatable bonds is 5. The molecule has 0 aromatic heterocycles. The van der Waals surface area contributed by atoms with E-state index >= 15 is 0 Å². The fourth-order valence-corrected chi connectivity index (χ4v) is 3.76. The number of halogens is 6. The highest BCUT2D eigenvalue weighted by atomic mass is 19.4. The van der Waals surface area contributed by atoms with Crippen LogP contribution in [0.5, 0.6) is 0 Å². The molecular formula is C21H21F6NO. The van der Waals surface area contributed by atoms with E-state index < -0.39 is 23.5 Å². The Hall–Kier alpha value is -2.06. The van der Waals surface area contributed by atoms with Gasteiger partial charge in [0, 0.05) is 24.9 Å². The molecule has 1 fully saturated rings. The van der Waals surface area contributed by atoms with E-state index in [1.54, 1.807) is 0 Å². The van der Waals surface area contributed by atoms with Crippen molar-refractivity contribution in [3.8, 4) is 0 Å². The zero-order chi connectivity index (χ0) is 21.2. The van der Waals surface area contributed by atoms with E-state index in [0.717, 1.165) is 18.7 Å². The number of hydrogen-bond acceptors (Lipinski definition) is 2. The van der Waals surface area contributed by atoms with Crippen LogP contribution >= 0.6 is 0 Å². The molecular weight excluding hydrogens is 396 g/mol. The first-order chi connectivity index (χ1) is 13.5. The summed E-state index contributed by atoms with van der Waals surface area (Å²) in [6, 6.07) is 11.4. The summed E-state index contributed by atoms with van der Waals surface area (Å²) < 4.78 is 83.4. The number of hydrogen-bond donors (Lipinski definition) is 0. The van der Waals surface area contributed by atoms with Gasteiger partial charge in [-0.05, 0) is 36.4 Å². The van der Waals surface area contributed by atoms with Crippen molar-refractivity contribution in [2.45, 2.75) is 24.9 Å². The monoisotopic (exact) mass is 417 g/mol. The van der Waals surface area contributed by atoms with Gasteiger partial charge in [0.2, 0.25) is 0 Å². The van der Waals surface area contributed by atoms with Gasteiger partial charge in [0.25, 0.3) is 0 Å². The lowest BCUT2D eigenvalue weighted by molar-refractivity contribution is -0.143. The first kappa shape index (κ1) is 21.6. The van der Waals surface area contributed by atoms with Gasteiger partial charge in [0.1, 0.15) is 0 Å². The molecule has 3 rings (SSSR count). The summed E-state index contributed by atoms with van der Waals surface area (Å²) >= 11 is 0. The van der Waals surface area contributed by atoms with Gasteiger partial charge in [0.05, 0.1) is 24.3 Å². The maximum atomic E-state index is 13.0. The molecule has 2 atom stereocenters. The average Bonchev–Trinajstić information content (AvgIpc) is 3.01. The SMILES string of the molecule is CN1CC(c2ccccc2)[C@@H](COCc2cc(C(F)(F)F)cc(C(F)(F)F)c2)C1. The lowest BCUT2D eigenvalue weighted by atomic mass is 9.89. The molecule has 2 aromatic rings. The Balaban J connectivity index is 1.71. The highest BCUT2D eigenvalue weighted by Gasteiger charge is 2.37. The lowest BCUT2D eigenvalue weighted by Gasteiger charge is -2.19. The van der Waals surface area contributed by atoms with Crippen LogP contribution in [0.3, 0.4) is 0 Å². The van der Waals surface area contributed by atoms with Crippen molar-refractivity contribution < 1.29 is 31.1 Å². The summed E-state index contributed by atoms with van der Waals surface area (Å²) in [7, 11) is 1.97. The second-order valence-electron chi connectivity index (χ2n) is 7.43. The van der Waals surface area contributed by atoms with Crippen molar-refractivity contribution in [2.24, 2.45) is 5.92 Å². The van der Waals surface area contributed by atoms with Crippen molar-refractivity contribution in [1.29, 1.82) is 0 Å². The smallest absolute Gasteiger partial charge is 0.376 e. The predicted octanol–water partition coefficient (Wildman–Crippen LogP) is 5.59. The third-order valence-electron chi connectivity index (χ3n) is 5.10. The van der Waals surface area contributed by atoms with Gasteiger partial charge < -0.3 is 9.64 Å². The fourth-order valence-electron chi connectivity index (χ4n) is 3.76. The molecule has 0 amide bonds. The minimum Gasteiger partial charge on any atom is -0.376 e. The molecule has 0 spiro atoms. The minimum absolute atomic E-state index is 0.107. The lowest BCUT2D eigenvalue weighted by Crippen LogP contribution is -2.18. The van der Waals surface area contributed by atoms with E-state index in [4.69, 9.17) is 4.74 Å². The predicted molar refractivity (Wildman–Crippen MR) is 96.3 cm³/mol. The molecule has 2 nitrogen and oxygen atoms in total. The van der Waals surface area contributed by atoms with E-state index in [1.807, 2.05) is 37.4 Å². The summed E-state index contributed by atoms with van der Waals surface area (Å²) in [5, 5.41) is 0. The molecule has 0 radical (unpaired) electrons. The van der Waals surface area contributed by atoms with Crippen LogP contribution in [0.15, 0.2) is 48.5 Å². The van der Waals surface area contributed by atoms with Crippen LogP contribution in [0.1, 0.15) is 28.2 Å². The molecule has 1 saturated heterocycles. The second kappa shape index (κ2) is 8.36. The first-order valence-electron chi connectivity index (χ1n) is 9.13. The fraction of sp³-hybridized carbons (Fsp3) is 0.429. The molecule has 0 aliphatic carbocycles. The van der Waals surface area contributed by atoms with Crippen molar-refractivity contribution in [1.82, 2.24) is 4.90 Å². The van der Waals surface area contributed by atoms with Crippen molar-refractivity contribution >= 4 is 0 Å². The van der Waals surface area contributed by atoms with Crippen LogP contribution in [0.2, 0.25) is 0 Å². The molecule has 1 aliphatic heterocycles. The Morgan fingerprint density at radius 3 is 2.03 bits per heavy atom. The molecule has 29 heavy (non-hydrogen) atoms. The van der Waals surface area contributed by atoms with Crippen LogP contribution < -0.4 is 0 Å². The minimum atomic E-state index is -4.86. The van der Waals surface area contributed by atoms with Gasteiger partial charge in [-0.2, -0.15) is 26.3 Å². The Bertz CT molecular complexity index is 786. The van der Waals surface area contributed by atoms with Crippen LogP contribution in [0.25, 0.3) is 0 Å². The second-order valence-corrected chi connectivity index (χ2v) is 7.43. The average molecular weight is 417 g/mol. The molecule has 0 saturated carbocycles. The summed E-state index contributed by atoms with van der Waals surface area (Å²) in [6.07, 6.45) is -9.72. The molecule has 0 N–H and O–H groups in total. The number of ether oxygens (including phenoxy) is 1. The molecule has 1 unspecified atom stereocenters. The Kier molecular flexibility index (Phi) is 6.24. The number of benzene rings is 2. The number of likely N-dealkylation sites (tertiary alicyclic amines) is 1. The normalized spacial score (nSPS) is 20.9. The number of nitrogens with zero attached hydrogens (tertiary/aromatic N) is 1. The highest BCUT2D eigenvalue weighted by molar-refractivity contribution is 5.33. The Morgan fingerprint density at radius 1 is 0.897 bits per heavy atom. The molecule has 1 heterocycles. The Morgan fingerprint density at radius 2 is 1.48 bits per heavy atom. The third kappa shape index (κ3) is 5.51. The van der Waals surface area contributed by atoms with Crippen molar-refractivity contribution in [3.05, 3.63) is 70.8 Å². The molecule has 8 heteroatoms. The van der Waals surface area contributed by atoms with Crippen molar-refractivity contribution in [2.75, 3.05) is 26.7 Å². The zero-order valence-corrected chi connectivity index (χ0v) is 15.7. The van der Waals surface area contributed by atoms with Crippen LogP contribution in [0, 0.1) is 5.92 Å². The van der Waals surface area contributed by atoms with Gasteiger partial charge in [0.15, 0.2) is 0 Å². The van der Waals surface area contributed by atoms with E-state index in [0.29, 0.717) is 12.1 Å². The maximum Gasteiger partial charge on any atom is 0.416 e. The Labute approximate surface area is 165 Å². The van der Waals surface area contributed by atoms with E-state index in [9.17, 15) is 26.3 Å². The van der Waals surface area contributed by atoms with Gasteiger partial charge in [-0.1, -0.05) is 30.3 Å². The summed E-state index contributed by atoms with van der Waals surface area (Å²) in [4.78, 5) is 2.14. The quantitative estimate of drug-likeness (QED) is 0.589. The molecule has 1 aliphatic rings. The van der Waals surface area contributed by atoms with Gasteiger partial charge in [-0.25, -0.2) is 0 Å². The van der Waals surface area contributed by atoms with E-state index in [2.05, 4.69) is 4.90 Å². The van der Waals surface area contributed by atoms with E-state index in [-0.39, 0.29) is 36.7 Å². The summed E-state index contributed by atoms with van der Waals surface area (Å²) in [5.41, 5.74) is -1.65. The zero-order valence-electron chi connectivity index (χ0n) is 15.7. The number of likely N-dealkylation sites (N-methyl/N-ethyl adjacent to an activating group) is 1. The van der Waals surface area contributed by atoms with Crippen molar-refractivity contribution in [3.63, 3.8) is 0 Å². The van der Waals surface area contributed by atoms with E-state index in [1.165, 1.54) is 0 Å². The maximum absolute atomic E-state index is 13.0. The topological polar surface area (TPSA) is 12.5 Å². The van der Waals surface area contributed by atoms with Crippen LogP contribution in [-0.4, -0.2) is 31.6 Å². The number of alkyl halides is 6. The molecule has 158 valence electrons. The highest BCUT2D eigenvalue weighted by Crippen LogP contribution is 2.37. The van der Waals surface area contributed by atoms with Crippen LogP contribution in [0.4, 0.5) is 26.3 Å². The van der Waals surface area contributed by atoms with Gasteiger partial charge >= 0.3 is 12.4 Å². The summed E-state index contributed by atoms with van der Waals surface area (Å²) in [6.45, 7) is 1.51. The molecule has 0 bridgehead atoms. The first-order valence-corrected chi connectivity index (χ1v) is 9.13. The van der Waals surface area contributed by atoms with Gasteiger partial charge in [-0.15, -0.1) is 0 Å².